The van der Waals surface area contributed by atoms with Crippen LogP contribution < -0.4 is 0 Å². The highest BCUT2D eigenvalue weighted by Crippen LogP contribution is 2.41. The number of rotatable bonds is 8. The first kappa shape index (κ1) is 23.2. The molecule has 0 aliphatic carbocycles. The molecule has 2 heterocycles. The van der Waals surface area contributed by atoms with Crippen LogP contribution in [-0.4, -0.2) is 25.9 Å². The Kier molecular flexibility index (Phi) is 7.88. The number of aliphatic hydroxyl groups is 2. The van der Waals surface area contributed by atoms with Gasteiger partial charge in [0.25, 0.3) is 0 Å². The zero-order valence-corrected chi connectivity index (χ0v) is 19.6. The molecule has 0 aliphatic rings. The van der Waals surface area contributed by atoms with E-state index in [-0.39, 0.29) is 12.5 Å². The second-order valence-electron chi connectivity index (χ2n) is 7.66. The van der Waals surface area contributed by atoms with Crippen LogP contribution >= 0.6 is 35.0 Å². The van der Waals surface area contributed by atoms with Crippen LogP contribution in [0.4, 0.5) is 0 Å². The number of aromatic nitrogens is 2. The average molecular weight is 465 g/mol. The van der Waals surface area contributed by atoms with Gasteiger partial charge in [-0.05, 0) is 54.3 Å². The molecule has 0 bridgehead atoms. The van der Waals surface area contributed by atoms with E-state index in [2.05, 4.69) is 23.4 Å². The van der Waals surface area contributed by atoms with E-state index < -0.39 is 6.10 Å². The molecule has 1 atom stereocenters. The van der Waals surface area contributed by atoms with E-state index in [1.807, 2.05) is 24.3 Å². The van der Waals surface area contributed by atoms with Gasteiger partial charge in [0.1, 0.15) is 0 Å². The summed E-state index contributed by atoms with van der Waals surface area (Å²) in [6.07, 6.45) is 3.47. The number of hydrogen-bond acceptors (Lipinski definition) is 4. The van der Waals surface area contributed by atoms with E-state index >= 15 is 0 Å². The molecule has 1 aromatic carbocycles. The summed E-state index contributed by atoms with van der Waals surface area (Å²) in [5.41, 5.74) is 4.01. The van der Waals surface area contributed by atoms with Gasteiger partial charge in [-0.2, -0.15) is 0 Å². The highest BCUT2D eigenvalue weighted by molar-refractivity contribution is 7.99. The topological polar surface area (TPSA) is 58.3 Å². The number of benzene rings is 1. The van der Waals surface area contributed by atoms with Crippen molar-refractivity contribution in [2.45, 2.75) is 62.3 Å². The monoisotopic (exact) mass is 464 g/mol. The van der Waals surface area contributed by atoms with E-state index in [1.165, 1.54) is 0 Å². The van der Waals surface area contributed by atoms with Gasteiger partial charge in [-0.3, -0.25) is 4.98 Å². The predicted molar refractivity (Wildman–Crippen MR) is 124 cm³/mol. The Balaban J connectivity index is 2.21. The standard InChI is InChI=1S/C23H26Cl2N2O2S/c1-14(2)22-20(13-28)21(8-15(3)29)27(12-16-4-6-26-7-5-16)23(22)30-19-10-17(24)9-18(25)11-19/h4-7,9-11,14-15,28-29H,8,12-13H2,1-3H3. The molecule has 7 heteroatoms. The minimum Gasteiger partial charge on any atom is -0.393 e. The van der Waals surface area contributed by atoms with E-state index in [9.17, 15) is 10.2 Å². The maximum absolute atomic E-state index is 10.3. The Morgan fingerprint density at radius 1 is 1.07 bits per heavy atom. The van der Waals surface area contributed by atoms with E-state index in [0.29, 0.717) is 23.0 Å². The third kappa shape index (κ3) is 5.40. The zero-order valence-electron chi connectivity index (χ0n) is 17.3. The fourth-order valence-electron chi connectivity index (χ4n) is 3.65. The quantitative estimate of drug-likeness (QED) is 0.433. The van der Waals surface area contributed by atoms with Crippen LogP contribution in [0.15, 0.2) is 52.6 Å². The number of nitrogens with zero attached hydrogens (tertiary/aromatic N) is 2. The molecule has 160 valence electrons. The molecule has 3 aromatic rings. The second kappa shape index (κ2) is 10.2. The summed E-state index contributed by atoms with van der Waals surface area (Å²) >= 11 is 14.1. The van der Waals surface area contributed by atoms with Gasteiger partial charge < -0.3 is 14.8 Å². The molecule has 2 aromatic heterocycles. The maximum atomic E-state index is 10.3. The summed E-state index contributed by atoms with van der Waals surface area (Å²) in [6.45, 7) is 6.53. The van der Waals surface area contributed by atoms with Gasteiger partial charge in [-0.1, -0.05) is 48.8 Å². The molecule has 0 fully saturated rings. The lowest BCUT2D eigenvalue weighted by Crippen LogP contribution is -2.13. The van der Waals surface area contributed by atoms with Crippen LogP contribution in [0.25, 0.3) is 0 Å². The Morgan fingerprint density at radius 3 is 2.23 bits per heavy atom. The Hall–Kier alpha value is -1.50. The summed E-state index contributed by atoms with van der Waals surface area (Å²) in [4.78, 5) is 5.04. The van der Waals surface area contributed by atoms with Crippen molar-refractivity contribution >= 4 is 35.0 Å². The fourth-order valence-corrected chi connectivity index (χ4v) is 5.65. The summed E-state index contributed by atoms with van der Waals surface area (Å²) in [5, 5.41) is 22.6. The molecule has 0 saturated heterocycles. The summed E-state index contributed by atoms with van der Waals surface area (Å²) in [5.74, 6) is 0.191. The van der Waals surface area contributed by atoms with Gasteiger partial charge in [-0.25, -0.2) is 0 Å². The van der Waals surface area contributed by atoms with Crippen molar-refractivity contribution in [3.8, 4) is 0 Å². The zero-order chi connectivity index (χ0) is 21.8. The van der Waals surface area contributed by atoms with Gasteiger partial charge in [0.15, 0.2) is 0 Å². The Morgan fingerprint density at radius 2 is 1.70 bits per heavy atom. The van der Waals surface area contributed by atoms with Gasteiger partial charge >= 0.3 is 0 Å². The Labute approximate surface area is 191 Å². The first-order valence-corrected chi connectivity index (χ1v) is 11.4. The highest BCUT2D eigenvalue weighted by Gasteiger charge is 2.26. The molecule has 0 aliphatic heterocycles. The van der Waals surface area contributed by atoms with Gasteiger partial charge in [0.2, 0.25) is 0 Å². The van der Waals surface area contributed by atoms with E-state index in [1.54, 1.807) is 37.1 Å². The van der Waals surface area contributed by atoms with Crippen LogP contribution in [0.3, 0.4) is 0 Å². The molecule has 2 N–H and O–H groups in total. The lowest BCUT2D eigenvalue weighted by atomic mass is 9.99. The lowest BCUT2D eigenvalue weighted by molar-refractivity contribution is 0.191. The number of pyridine rings is 1. The molecule has 0 saturated carbocycles. The van der Waals surface area contributed by atoms with Crippen molar-refractivity contribution < 1.29 is 10.2 Å². The van der Waals surface area contributed by atoms with Crippen molar-refractivity contribution in [2.75, 3.05) is 0 Å². The maximum Gasteiger partial charge on any atom is 0.0840 e. The van der Waals surface area contributed by atoms with Crippen molar-refractivity contribution in [3.05, 3.63) is 75.2 Å². The van der Waals surface area contributed by atoms with Gasteiger partial charge in [-0.15, -0.1) is 0 Å². The number of aliphatic hydroxyl groups excluding tert-OH is 2. The van der Waals surface area contributed by atoms with E-state index in [4.69, 9.17) is 23.2 Å². The second-order valence-corrected chi connectivity index (χ2v) is 9.59. The predicted octanol–water partition coefficient (Wildman–Crippen LogP) is 5.93. The van der Waals surface area contributed by atoms with Crippen LogP contribution in [0, 0.1) is 0 Å². The third-order valence-electron chi connectivity index (χ3n) is 4.84. The van der Waals surface area contributed by atoms with Crippen LogP contribution in [-0.2, 0) is 19.6 Å². The summed E-state index contributed by atoms with van der Waals surface area (Å²) in [7, 11) is 0. The average Bonchev–Trinajstić information content (AvgIpc) is 2.94. The van der Waals surface area contributed by atoms with Crippen molar-refractivity contribution in [3.63, 3.8) is 0 Å². The van der Waals surface area contributed by atoms with Gasteiger partial charge in [0, 0.05) is 51.6 Å². The van der Waals surface area contributed by atoms with Crippen molar-refractivity contribution in [1.29, 1.82) is 0 Å². The molecule has 4 nitrogen and oxygen atoms in total. The largest absolute Gasteiger partial charge is 0.393 e. The molecule has 1 unspecified atom stereocenters. The van der Waals surface area contributed by atoms with E-state index in [0.717, 1.165) is 32.3 Å². The minimum absolute atomic E-state index is 0.0806. The van der Waals surface area contributed by atoms with Crippen LogP contribution in [0.5, 0.6) is 0 Å². The summed E-state index contributed by atoms with van der Waals surface area (Å²) < 4.78 is 2.20. The van der Waals surface area contributed by atoms with Crippen molar-refractivity contribution in [2.24, 2.45) is 0 Å². The molecule has 3 rings (SSSR count). The van der Waals surface area contributed by atoms with Crippen LogP contribution in [0.2, 0.25) is 10.0 Å². The number of halogens is 2. The molecule has 0 radical (unpaired) electrons. The molecular weight excluding hydrogens is 439 g/mol. The first-order valence-electron chi connectivity index (χ1n) is 9.86. The normalized spacial score (nSPS) is 12.5. The number of hydrogen-bond donors (Lipinski definition) is 2. The molecule has 0 spiro atoms. The SMILES string of the molecule is CC(O)Cc1c(CO)c(C(C)C)c(Sc2cc(Cl)cc(Cl)c2)n1Cc1ccncc1. The minimum atomic E-state index is -0.528. The molecule has 0 amide bonds. The van der Waals surface area contributed by atoms with Crippen molar-refractivity contribution in [1.82, 2.24) is 9.55 Å². The smallest absolute Gasteiger partial charge is 0.0840 e. The fraction of sp³-hybridized carbons (Fsp3) is 0.348. The third-order valence-corrected chi connectivity index (χ3v) is 6.38. The first-order chi connectivity index (χ1) is 14.3. The van der Waals surface area contributed by atoms with Gasteiger partial charge in [0.05, 0.1) is 17.7 Å². The highest BCUT2D eigenvalue weighted by atomic mass is 35.5. The molecular formula is C23H26Cl2N2O2S. The molecule has 30 heavy (non-hydrogen) atoms. The summed E-state index contributed by atoms with van der Waals surface area (Å²) in [6, 6.07) is 9.44. The van der Waals surface area contributed by atoms with Crippen LogP contribution in [0.1, 0.15) is 49.1 Å². The lowest BCUT2D eigenvalue weighted by Gasteiger charge is -2.16. The Bertz CT molecular complexity index is 984.